The van der Waals surface area contributed by atoms with Gasteiger partial charge in [0, 0.05) is 43.4 Å². The summed E-state index contributed by atoms with van der Waals surface area (Å²) >= 11 is 1.41. The summed E-state index contributed by atoms with van der Waals surface area (Å²) in [7, 11) is 0. The average molecular weight is 622 g/mol. The molecule has 2 N–H and O–H groups in total. The SMILES string of the molecule is N#Cc1ccc2[nH]nc(C(=O)N3CC[C@@H](C(=O)N4CCC(O)(Cn5cnc6sccc6c5=O)CC4)[C@H](c4ccccc4)C3)c2c1. The Kier molecular flexibility index (Phi) is 7.43. The lowest BCUT2D eigenvalue weighted by Crippen LogP contribution is -2.53. The highest BCUT2D eigenvalue weighted by Crippen LogP contribution is 2.36. The molecule has 0 unspecified atom stereocenters. The molecular weight excluding hydrogens is 590 g/mol. The molecule has 228 valence electrons. The number of aliphatic hydroxyl groups is 1. The first-order valence-corrected chi connectivity index (χ1v) is 15.9. The zero-order chi connectivity index (χ0) is 31.1. The number of rotatable bonds is 5. The minimum atomic E-state index is -1.13. The topological polar surface area (TPSA) is 148 Å². The Hall–Kier alpha value is -4.86. The summed E-state index contributed by atoms with van der Waals surface area (Å²) in [4.78, 5) is 49.3. The Bertz CT molecular complexity index is 2000. The molecule has 0 aliphatic carbocycles. The first kappa shape index (κ1) is 28.9. The lowest BCUT2D eigenvalue weighted by molar-refractivity contribution is -0.142. The van der Waals surface area contributed by atoms with Crippen LogP contribution in [0.2, 0.25) is 0 Å². The van der Waals surface area contributed by atoms with Crippen molar-refractivity contribution in [2.45, 2.75) is 37.3 Å². The van der Waals surface area contributed by atoms with Gasteiger partial charge in [-0.1, -0.05) is 30.3 Å². The summed E-state index contributed by atoms with van der Waals surface area (Å²) in [5.41, 5.74) is 1.08. The summed E-state index contributed by atoms with van der Waals surface area (Å²) in [6.45, 7) is 1.62. The van der Waals surface area contributed by atoms with Crippen LogP contribution in [0.15, 0.2) is 71.1 Å². The maximum Gasteiger partial charge on any atom is 0.275 e. The van der Waals surface area contributed by atoms with E-state index in [0.717, 1.165) is 5.56 Å². The van der Waals surface area contributed by atoms with Crippen molar-refractivity contribution < 1.29 is 14.7 Å². The number of hydrogen-bond donors (Lipinski definition) is 2. The van der Waals surface area contributed by atoms with Crippen LogP contribution in [0.3, 0.4) is 0 Å². The van der Waals surface area contributed by atoms with Crippen LogP contribution in [0, 0.1) is 17.2 Å². The van der Waals surface area contributed by atoms with Crippen molar-refractivity contribution >= 4 is 44.3 Å². The van der Waals surface area contributed by atoms with Gasteiger partial charge in [0.15, 0.2) is 5.69 Å². The zero-order valence-corrected chi connectivity index (χ0v) is 25.2. The van der Waals surface area contributed by atoms with Crippen LogP contribution in [0.25, 0.3) is 21.1 Å². The minimum Gasteiger partial charge on any atom is -0.388 e. The maximum atomic E-state index is 14.1. The molecule has 0 bridgehead atoms. The van der Waals surface area contributed by atoms with Crippen LogP contribution in [0.4, 0.5) is 0 Å². The van der Waals surface area contributed by atoms with Gasteiger partial charge in [-0.3, -0.25) is 24.0 Å². The molecule has 12 heteroatoms. The van der Waals surface area contributed by atoms with Crippen molar-refractivity contribution in [3.8, 4) is 6.07 Å². The summed E-state index contributed by atoms with van der Waals surface area (Å²) in [5.74, 6) is -0.785. The second-order valence-electron chi connectivity index (χ2n) is 12.0. The van der Waals surface area contributed by atoms with E-state index in [1.807, 2.05) is 40.6 Å². The molecule has 2 amide bonds. The van der Waals surface area contributed by atoms with Gasteiger partial charge in [-0.15, -0.1) is 11.3 Å². The maximum absolute atomic E-state index is 14.1. The number of hydrogen-bond acceptors (Lipinski definition) is 8. The van der Waals surface area contributed by atoms with Crippen LogP contribution in [-0.2, 0) is 11.3 Å². The molecule has 2 aliphatic rings. The molecule has 2 fully saturated rings. The van der Waals surface area contributed by atoms with Gasteiger partial charge in [0.05, 0.1) is 41.0 Å². The molecule has 5 heterocycles. The molecule has 3 aromatic heterocycles. The number of nitrogens with one attached hydrogen (secondary N) is 1. The number of H-pyrrole nitrogens is 1. The van der Waals surface area contributed by atoms with Gasteiger partial charge < -0.3 is 14.9 Å². The molecule has 45 heavy (non-hydrogen) atoms. The van der Waals surface area contributed by atoms with Crippen LogP contribution in [0.5, 0.6) is 0 Å². The van der Waals surface area contributed by atoms with E-state index in [4.69, 9.17) is 0 Å². The number of aromatic amines is 1. The summed E-state index contributed by atoms with van der Waals surface area (Å²) in [5, 5.41) is 30.9. The normalized spacial score (nSPS) is 19.9. The smallest absolute Gasteiger partial charge is 0.275 e. The number of nitriles is 1. The molecule has 0 spiro atoms. The van der Waals surface area contributed by atoms with E-state index in [-0.39, 0.29) is 41.4 Å². The van der Waals surface area contributed by atoms with Crippen molar-refractivity contribution in [2.24, 2.45) is 5.92 Å². The third-order valence-corrected chi connectivity index (χ3v) is 10.1. The highest BCUT2D eigenvalue weighted by molar-refractivity contribution is 7.16. The fraction of sp³-hybridized carbons (Fsp3) is 0.333. The highest BCUT2D eigenvalue weighted by Gasteiger charge is 2.42. The number of nitrogens with zero attached hydrogens (tertiary/aromatic N) is 6. The van der Waals surface area contributed by atoms with Crippen LogP contribution in [0.1, 0.15) is 46.8 Å². The molecule has 5 aromatic rings. The predicted molar refractivity (Wildman–Crippen MR) is 169 cm³/mol. The predicted octanol–water partition coefficient (Wildman–Crippen LogP) is 3.51. The van der Waals surface area contributed by atoms with Gasteiger partial charge in [-0.25, -0.2) is 4.98 Å². The van der Waals surface area contributed by atoms with Crippen LogP contribution < -0.4 is 5.56 Å². The monoisotopic (exact) mass is 621 g/mol. The third kappa shape index (κ3) is 5.38. The largest absolute Gasteiger partial charge is 0.388 e. The van der Waals surface area contributed by atoms with Gasteiger partial charge in [-0.2, -0.15) is 10.4 Å². The van der Waals surface area contributed by atoms with E-state index in [9.17, 15) is 24.8 Å². The van der Waals surface area contributed by atoms with Gasteiger partial charge >= 0.3 is 0 Å². The molecule has 2 aromatic carbocycles. The quantitative estimate of drug-likeness (QED) is 0.305. The molecule has 0 saturated carbocycles. The van der Waals surface area contributed by atoms with E-state index in [1.54, 1.807) is 29.2 Å². The Morgan fingerprint density at radius 1 is 1.07 bits per heavy atom. The van der Waals surface area contributed by atoms with Crippen molar-refractivity contribution in [3.05, 3.63) is 93.5 Å². The van der Waals surface area contributed by atoms with Crippen molar-refractivity contribution in [3.63, 3.8) is 0 Å². The number of piperidine rings is 2. The Balaban J connectivity index is 1.07. The first-order valence-electron chi connectivity index (χ1n) is 15.0. The number of likely N-dealkylation sites (tertiary alicyclic amines) is 2. The van der Waals surface area contributed by atoms with E-state index in [1.165, 1.54) is 22.2 Å². The number of thiophene rings is 1. The standard InChI is InChI=1S/C33H31N7O4S/c34-17-21-6-7-27-25(16-21)28(37-36-27)32(43)39-12-8-23(26(18-39)22-4-2-1-3-5-22)30(41)38-13-10-33(44,11-14-38)19-40-20-35-29-24(31(40)42)9-15-45-29/h1-7,9,15-16,20,23,26,44H,8,10-14,18-19H2,(H,36,37)/t23-,26+/m1/s1. The molecule has 2 atom stereocenters. The van der Waals surface area contributed by atoms with Crippen molar-refractivity contribution in [1.82, 2.24) is 29.5 Å². The second kappa shape index (κ2) is 11.6. The first-order chi connectivity index (χ1) is 21.8. The number of aromatic nitrogens is 4. The molecular formula is C33H31N7O4S. The van der Waals surface area contributed by atoms with Gasteiger partial charge in [0.25, 0.3) is 11.5 Å². The summed E-state index contributed by atoms with van der Waals surface area (Å²) in [6.07, 6.45) is 2.66. The number of carbonyl (C=O) groups is 2. The lowest BCUT2D eigenvalue weighted by atomic mass is 9.79. The van der Waals surface area contributed by atoms with Gasteiger partial charge in [0.1, 0.15) is 4.83 Å². The molecule has 11 nitrogen and oxygen atoms in total. The van der Waals surface area contributed by atoms with E-state index in [2.05, 4.69) is 21.3 Å². The molecule has 0 radical (unpaired) electrons. The van der Waals surface area contributed by atoms with Crippen molar-refractivity contribution in [1.29, 1.82) is 5.26 Å². The molecule has 2 aliphatic heterocycles. The number of benzene rings is 2. The van der Waals surface area contributed by atoms with Gasteiger partial charge in [0.2, 0.25) is 5.91 Å². The van der Waals surface area contributed by atoms with Crippen molar-refractivity contribution in [2.75, 3.05) is 26.2 Å². The van der Waals surface area contributed by atoms with Gasteiger partial charge in [-0.05, 0) is 54.5 Å². The number of amides is 2. The number of fused-ring (bicyclic) bond motifs is 2. The zero-order valence-electron chi connectivity index (χ0n) is 24.4. The fourth-order valence-corrected chi connectivity index (χ4v) is 7.45. The highest BCUT2D eigenvalue weighted by atomic mass is 32.1. The summed E-state index contributed by atoms with van der Waals surface area (Å²) < 4.78 is 1.47. The summed E-state index contributed by atoms with van der Waals surface area (Å²) in [6, 6.07) is 18.7. The minimum absolute atomic E-state index is 0.0143. The second-order valence-corrected chi connectivity index (χ2v) is 12.9. The van der Waals surface area contributed by atoms with Crippen LogP contribution in [-0.4, -0.2) is 78.2 Å². The van der Waals surface area contributed by atoms with Crippen LogP contribution >= 0.6 is 11.3 Å². The lowest BCUT2D eigenvalue weighted by Gasteiger charge is -2.43. The Morgan fingerprint density at radius 2 is 1.87 bits per heavy atom. The third-order valence-electron chi connectivity index (χ3n) is 9.26. The Morgan fingerprint density at radius 3 is 2.64 bits per heavy atom. The number of carbonyl (C=O) groups excluding carboxylic acids is 2. The van der Waals surface area contributed by atoms with E-state index >= 15 is 0 Å². The molecule has 2 saturated heterocycles. The van der Waals surface area contributed by atoms with E-state index < -0.39 is 5.60 Å². The Labute approximate surface area is 262 Å². The average Bonchev–Trinajstić information content (AvgIpc) is 3.73. The molecule has 7 rings (SSSR count). The van der Waals surface area contributed by atoms with E-state index in [0.29, 0.717) is 72.1 Å². The fourth-order valence-electron chi connectivity index (χ4n) is 6.73.